The molecule has 9 heteroatoms. The van der Waals surface area contributed by atoms with Gasteiger partial charge in [-0.05, 0) is 0 Å². The van der Waals surface area contributed by atoms with E-state index in [1.165, 1.54) is 17.3 Å². The molecule has 0 spiro atoms. The summed E-state index contributed by atoms with van der Waals surface area (Å²) in [6.07, 6.45) is 2.85. The lowest BCUT2D eigenvalue weighted by atomic mass is 9.95. The van der Waals surface area contributed by atoms with Crippen molar-refractivity contribution in [3.8, 4) is 5.95 Å². The zero-order valence-corrected chi connectivity index (χ0v) is 10.8. The summed E-state index contributed by atoms with van der Waals surface area (Å²) in [5, 5.41) is 16.1. The van der Waals surface area contributed by atoms with Crippen molar-refractivity contribution in [2.75, 3.05) is 24.2 Å². The SMILES string of the molecule is CC(C)(CO)CNc1nc(N)nc(-n2cncn2)n1. The van der Waals surface area contributed by atoms with Crippen molar-refractivity contribution in [1.29, 1.82) is 0 Å². The third-order valence-corrected chi connectivity index (χ3v) is 2.42. The van der Waals surface area contributed by atoms with Gasteiger partial charge in [-0.2, -0.15) is 24.7 Å². The fourth-order valence-electron chi connectivity index (χ4n) is 1.25. The number of rotatable bonds is 5. The molecule has 0 fully saturated rings. The minimum absolute atomic E-state index is 0.0521. The van der Waals surface area contributed by atoms with Gasteiger partial charge in [-0.15, -0.1) is 0 Å². The van der Waals surface area contributed by atoms with Crippen LogP contribution in [-0.2, 0) is 0 Å². The summed E-state index contributed by atoms with van der Waals surface area (Å²) in [4.78, 5) is 15.9. The van der Waals surface area contributed by atoms with Crippen molar-refractivity contribution in [2.24, 2.45) is 5.41 Å². The van der Waals surface area contributed by atoms with Gasteiger partial charge in [0, 0.05) is 18.6 Å². The highest BCUT2D eigenvalue weighted by molar-refractivity contribution is 5.34. The summed E-state index contributed by atoms with van der Waals surface area (Å²) in [6, 6.07) is 0. The average Bonchev–Trinajstić information content (AvgIpc) is 2.90. The van der Waals surface area contributed by atoms with Crippen molar-refractivity contribution >= 4 is 11.9 Å². The van der Waals surface area contributed by atoms with E-state index < -0.39 is 0 Å². The van der Waals surface area contributed by atoms with Gasteiger partial charge in [0.2, 0.25) is 11.9 Å². The molecule has 0 aromatic carbocycles. The highest BCUT2D eigenvalue weighted by Crippen LogP contribution is 2.14. The van der Waals surface area contributed by atoms with E-state index in [1.807, 2.05) is 13.8 Å². The molecule has 0 aliphatic rings. The Kier molecular flexibility index (Phi) is 3.56. The largest absolute Gasteiger partial charge is 0.396 e. The molecule has 0 bridgehead atoms. The number of hydrogen-bond donors (Lipinski definition) is 3. The molecular formula is C10H16N8O. The first kappa shape index (κ1) is 13.1. The van der Waals surface area contributed by atoms with Gasteiger partial charge in [0.15, 0.2) is 0 Å². The molecule has 0 aliphatic carbocycles. The predicted molar refractivity (Wildman–Crippen MR) is 68.5 cm³/mol. The van der Waals surface area contributed by atoms with Crippen LogP contribution >= 0.6 is 0 Å². The summed E-state index contributed by atoms with van der Waals surface area (Å²) in [6.45, 7) is 4.39. The maximum atomic E-state index is 9.19. The molecule has 0 saturated carbocycles. The standard InChI is InChI=1S/C10H16N8O/c1-10(2,4-19)3-13-8-15-7(11)16-9(17-8)18-6-12-5-14-18/h5-6,19H,3-4H2,1-2H3,(H3,11,13,15,16,17). The molecule has 2 aromatic heterocycles. The van der Waals surface area contributed by atoms with Crippen LogP contribution in [-0.4, -0.2) is 48.0 Å². The molecule has 0 atom stereocenters. The van der Waals surface area contributed by atoms with E-state index in [4.69, 9.17) is 5.73 Å². The molecule has 4 N–H and O–H groups in total. The maximum absolute atomic E-state index is 9.19. The van der Waals surface area contributed by atoms with E-state index in [1.54, 1.807) is 0 Å². The first-order valence-electron chi connectivity index (χ1n) is 5.71. The maximum Gasteiger partial charge on any atom is 0.258 e. The number of nitrogens with two attached hydrogens (primary N) is 1. The topological polar surface area (TPSA) is 128 Å². The molecule has 9 nitrogen and oxygen atoms in total. The number of hydrogen-bond acceptors (Lipinski definition) is 8. The Bertz CT molecular complexity index is 538. The van der Waals surface area contributed by atoms with Crippen molar-refractivity contribution in [3.05, 3.63) is 12.7 Å². The van der Waals surface area contributed by atoms with Gasteiger partial charge in [-0.1, -0.05) is 13.8 Å². The van der Waals surface area contributed by atoms with Gasteiger partial charge >= 0.3 is 0 Å². The predicted octanol–water partition coefficient (Wildman–Crippen LogP) is -0.535. The average molecular weight is 264 g/mol. The molecular weight excluding hydrogens is 248 g/mol. The van der Waals surface area contributed by atoms with Gasteiger partial charge < -0.3 is 16.2 Å². The Morgan fingerprint density at radius 2 is 2.16 bits per heavy atom. The van der Waals surface area contributed by atoms with Crippen molar-refractivity contribution in [2.45, 2.75) is 13.8 Å². The van der Waals surface area contributed by atoms with Gasteiger partial charge in [-0.3, -0.25) is 0 Å². The van der Waals surface area contributed by atoms with Crippen LogP contribution in [0.5, 0.6) is 0 Å². The van der Waals surface area contributed by atoms with Crippen LogP contribution in [0.25, 0.3) is 5.95 Å². The lowest BCUT2D eigenvalue weighted by Crippen LogP contribution is -2.27. The van der Waals surface area contributed by atoms with E-state index in [0.717, 1.165) is 0 Å². The van der Waals surface area contributed by atoms with Crippen molar-refractivity contribution < 1.29 is 5.11 Å². The monoisotopic (exact) mass is 264 g/mol. The van der Waals surface area contributed by atoms with Crippen molar-refractivity contribution in [1.82, 2.24) is 29.7 Å². The number of aromatic nitrogens is 6. The molecule has 0 saturated heterocycles. The molecule has 0 amide bonds. The van der Waals surface area contributed by atoms with Gasteiger partial charge in [0.25, 0.3) is 5.95 Å². The van der Waals surface area contributed by atoms with E-state index >= 15 is 0 Å². The first-order chi connectivity index (χ1) is 9.00. The first-order valence-corrected chi connectivity index (χ1v) is 5.71. The van der Waals surface area contributed by atoms with Gasteiger partial charge in [0.05, 0.1) is 0 Å². The Hall–Kier alpha value is -2.29. The van der Waals surface area contributed by atoms with Crippen LogP contribution in [0.4, 0.5) is 11.9 Å². The molecule has 2 heterocycles. The van der Waals surface area contributed by atoms with Gasteiger partial charge in [-0.25, -0.2) is 4.98 Å². The Labute approximate surface area is 109 Å². The van der Waals surface area contributed by atoms with E-state index in [2.05, 4.69) is 30.4 Å². The third-order valence-electron chi connectivity index (χ3n) is 2.42. The molecule has 2 rings (SSSR count). The number of aliphatic hydroxyl groups is 1. The van der Waals surface area contributed by atoms with Gasteiger partial charge in [0.1, 0.15) is 12.7 Å². The number of nitrogens with one attached hydrogen (secondary N) is 1. The van der Waals surface area contributed by atoms with Crippen LogP contribution in [0.15, 0.2) is 12.7 Å². The van der Waals surface area contributed by atoms with Crippen LogP contribution in [0.3, 0.4) is 0 Å². The summed E-state index contributed by atoms with van der Waals surface area (Å²) in [5.74, 6) is 0.707. The lowest BCUT2D eigenvalue weighted by Gasteiger charge is -2.21. The summed E-state index contributed by atoms with van der Waals surface area (Å²) < 4.78 is 1.39. The zero-order valence-electron chi connectivity index (χ0n) is 10.8. The Morgan fingerprint density at radius 1 is 1.37 bits per heavy atom. The van der Waals surface area contributed by atoms with E-state index in [-0.39, 0.29) is 23.9 Å². The quantitative estimate of drug-likeness (QED) is 0.657. The van der Waals surface area contributed by atoms with Crippen LogP contribution in [0.1, 0.15) is 13.8 Å². The van der Waals surface area contributed by atoms with E-state index in [9.17, 15) is 5.11 Å². The second-order valence-electron chi connectivity index (χ2n) is 4.83. The lowest BCUT2D eigenvalue weighted by molar-refractivity contribution is 0.170. The number of nitrogen functional groups attached to an aromatic ring is 1. The molecule has 0 aliphatic heterocycles. The molecule has 2 aromatic rings. The Morgan fingerprint density at radius 3 is 2.79 bits per heavy atom. The van der Waals surface area contributed by atoms with Crippen molar-refractivity contribution in [3.63, 3.8) is 0 Å². The normalized spacial score (nSPS) is 11.5. The fraction of sp³-hybridized carbons (Fsp3) is 0.500. The second kappa shape index (κ2) is 5.14. The number of nitrogens with zero attached hydrogens (tertiary/aromatic N) is 6. The summed E-state index contributed by atoms with van der Waals surface area (Å²) in [5.41, 5.74) is 5.34. The molecule has 102 valence electrons. The highest BCUT2D eigenvalue weighted by Gasteiger charge is 2.17. The number of anilines is 2. The second-order valence-corrected chi connectivity index (χ2v) is 4.83. The van der Waals surface area contributed by atoms with Crippen LogP contribution < -0.4 is 11.1 Å². The minimum Gasteiger partial charge on any atom is -0.396 e. The van der Waals surface area contributed by atoms with Crippen LogP contribution in [0, 0.1) is 5.41 Å². The smallest absolute Gasteiger partial charge is 0.258 e. The summed E-state index contributed by atoms with van der Waals surface area (Å²) >= 11 is 0. The minimum atomic E-state index is -0.283. The number of aliphatic hydroxyl groups excluding tert-OH is 1. The Balaban J connectivity index is 2.18. The third kappa shape index (κ3) is 3.35. The van der Waals surface area contributed by atoms with Crippen LogP contribution in [0.2, 0.25) is 0 Å². The fourth-order valence-corrected chi connectivity index (χ4v) is 1.25. The highest BCUT2D eigenvalue weighted by atomic mass is 16.3. The van der Waals surface area contributed by atoms with E-state index in [0.29, 0.717) is 12.5 Å². The molecule has 0 radical (unpaired) electrons. The zero-order chi connectivity index (χ0) is 13.9. The molecule has 19 heavy (non-hydrogen) atoms. The molecule has 0 unspecified atom stereocenters. The summed E-state index contributed by atoms with van der Waals surface area (Å²) in [7, 11) is 0.